The van der Waals surface area contributed by atoms with Gasteiger partial charge in [0.25, 0.3) is 0 Å². The minimum Gasteiger partial charge on any atom is -0.352 e. The fraction of sp³-hybridized carbons (Fsp3) is 0.923. The molecule has 2 aliphatic heterocycles. The molecule has 2 fully saturated rings. The maximum Gasteiger partial charge on any atom is 0.237 e. The number of piperidine rings is 1. The predicted octanol–water partition coefficient (Wildman–Crippen LogP) is 0.857. The first-order chi connectivity index (χ1) is 8.20. The molecular formula is C13H25N3O. The van der Waals surface area contributed by atoms with E-state index in [9.17, 15) is 4.79 Å². The van der Waals surface area contributed by atoms with Crippen LogP contribution in [0.4, 0.5) is 0 Å². The Hall–Kier alpha value is -0.610. The van der Waals surface area contributed by atoms with Crippen LogP contribution in [-0.2, 0) is 4.79 Å². The third-order valence-corrected chi connectivity index (χ3v) is 4.10. The van der Waals surface area contributed by atoms with Crippen molar-refractivity contribution in [3.05, 3.63) is 0 Å². The molecular weight excluding hydrogens is 214 g/mol. The molecule has 3 N–H and O–H groups in total. The Bertz CT molecular complexity index is 269. The van der Waals surface area contributed by atoms with Crippen molar-refractivity contribution in [1.29, 1.82) is 0 Å². The van der Waals surface area contributed by atoms with Gasteiger partial charge in [0.2, 0.25) is 5.91 Å². The summed E-state index contributed by atoms with van der Waals surface area (Å²) in [4.78, 5) is 14.4. The van der Waals surface area contributed by atoms with Crippen LogP contribution < -0.4 is 11.1 Å². The Morgan fingerprint density at radius 1 is 1.47 bits per heavy atom. The average molecular weight is 239 g/mol. The molecule has 0 aromatic carbocycles. The molecule has 98 valence electrons. The van der Waals surface area contributed by atoms with Crippen LogP contribution in [0.25, 0.3) is 0 Å². The molecule has 4 nitrogen and oxygen atoms in total. The molecule has 2 saturated heterocycles. The van der Waals surface area contributed by atoms with Crippen molar-refractivity contribution in [2.24, 2.45) is 5.73 Å². The lowest BCUT2D eigenvalue weighted by Gasteiger charge is -2.35. The van der Waals surface area contributed by atoms with E-state index in [2.05, 4.69) is 17.1 Å². The second kappa shape index (κ2) is 5.83. The SMILES string of the molecule is CCC[C@H](N)C(=O)NC1CCN2CCCC2C1. The Morgan fingerprint density at radius 3 is 3.06 bits per heavy atom. The summed E-state index contributed by atoms with van der Waals surface area (Å²) in [5.74, 6) is 0.0447. The maximum atomic E-state index is 11.8. The summed E-state index contributed by atoms with van der Waals surface area (Å²) in [6, 6.07) is 0.739. The van der Waals surface area contributed by atoms with E-state index in [4.69, 9.17) is 5.73 Å². The van der Waals surface area contributed by atoms with E-state index >= 15 is 0 Å². The normalized spacial score (nSPS) is 30.9. The topological polar surface area (TPSA) is 58.4 Å². The van der Waals surface area contributed by atoms with Gasteiger partial charge in [-0.2, -0.15) is 0 Å². The lowest BCUT2D eigenvalue weighted by atomic mass is 9.97. The molecule has 0 radical (unpaired) electrons. The van der Waals surface area contributed by atoms with Gasteiger partial charge in [0.05, 0.1) is 6.04 Å². The number of hydrogen-bond donors (Lipinski definition) is 2. The largest absolute Gasteiger partial charge is 0.352 e. The Balaban J connectivity index is 1.77. The van der Waals surface area contributed by atoms with Crippen LogP contribution in [0.15, 0.2) is 0 Å². The molecule has 0 spiro atoms. The highest BCUT2D eigenvalue weighted by Gasteiger charge is 2.32. The van der Waals surface area contributed by atoms with Crippen LogP contribution in [-0.4, -0.2) is 42.0 Å². The number of rotatable bonds is 4. The van der Waals surface area contributed by atoms with E-state index in [1.165, 1.54) is 19.4 Å². The molecule has 3 atom stereocenters. The summed E-state index contributed by atoms with van der Waals surface area (Å²) >= 11 is 0. The van der Waals surface area contributed by atoms with Crippen LogP contribution in [0.3, 0.4) is 0 Å². The zero-order chi connectivity index (χ0) is 12.3. The molecule has 2 unspecified atom stereocenters. The van der Waals surface area contributed by atoms with Gasteiger partial charge in [-0.05, 0) is 38.6 Å². The molecule has 2 rings (SSSR count). The lowest BCUT2D eigenvalue weighted by molar-refractivity contribution is -0.123. The molecule has 4 heteroatoms. The number of hydrogen-bond acceptors (Lipinski definition) is 3. The van der Waals surface area contributed by atoms with Crippen molar-refractivity contribution in [2.45, 2.75) is 63.6 Å². The highest BCUT2D eigenvalue weighted by atomic mass is 16.2. The van der Waals surface area contributed by atoms with Gasteiger partial charge < -0.3 is 16.0 Å². The van der Waals surface area contributed by atoms with Gasteiger partial charge in [-0.1, -0.05) is 13.3 Å². The maximum absolute atomic E-state index is 11.8. The first kappa shape index (κ1) is 12.8. The van der Waals surface area contributed by atoms with E-state index in [0.29, 0.717) is 12.1 Å². The van der Waals surface area contributed by atoms with Gasteiger partial charge in [-0.3, -0.25) is 4.79 Å². The fourth-order valence-electron chi connectivity index (χ4n) is 3.11. The van der Waals surface area contributed by atoms with Crippen LogP contribution in [0.5, 0.6) is 0 Å². The van der Waals surface area contributed by atoms with Crippen molar-refractivity contribution in [2.75, 3.05) is 13.1 Å². The Labute approximate surface area is 104 Å². The zero-order valence-electron chi connectivity index (χ0n) is 10.8. The molecule has 0 aromatic rings. The Kier molecular flexibility index (Phi) is 4.40. The smallest absolute Gasteiger partial charge is 0.237 e. The van der Waals surface area contributed by atoms with E-state index < -0.39 is 0 Å². The molecule has 0 saturated carbocycles. The summed E-state index contributed by atoms with van der Waals surface area (Å²) in [5, 5.41) is 3.13. The average Bonchev–Trinajstić information content (AvgIpc) is 2.76. The van der Waals surface area contributed by atoms with Crippen LogP contribution in [0.2, 0.25) is 0 Å². The fourth-order valence-corrected chi connectivity index (χ4v) is 3.11. The summed E-state index contributed by atoms with van der Waals surface area (Å²) in [6.45, 7) is 4.45. The molecule has 0 aromatic heterocycles. The second-order valence-electron chi connectivity index (χ2n) is 5.46. The van der Waals surface area contributed by atoms with E-state index in [1.807, 2.05) is 0 Å². The monoisotopic (exact) mass is 239 g/mol. The van der Waals surface area contributed by atoms with E-state index in [-0.39, 0.29) is 11.9 Å². The van der Waals surface area contributed by atoms with Gasteiger partial charge in [-0.25, -0.2) is 0 Å². The van der Waals surface area contributed by atoms with E-state index in [1.54, 1.807) is 0 Å². The zero-order valence-corrected chi connectivity index (χ0v) is 10.8. The number of amides is 1. The van der Waals surface area contributed by atoms with Crippen molar-refractivity contribution < 1.29 is 4.79 Å². The Morgan fingerprint density at radius 2 is 2.29 bits per heavy atom. The number of nitrogens with two attached hydrogens (primary N) is 1. The quantitative estimate of drug-likeness (QED) is 0.765. The van der Waals surface area contributed by atoms with Gasteiger partial charge >= 0.3 is 0 Å². The van der Waals surface area contributed by atoms with Crippen molar-refractivity contribution in [3.63, 3.8) is 0 Å². The van der Waals surface area contributed by atoms with Crippen LogP contribution >= 0.6 is 0 Å². The summed E-state index contributed by atoms with van der Waals surface area (Å²) in [6.07, 6.45) is 6.57. The summed E-state index contributed by atoms with van der Waals surface area (Å²) in [5.41, 5.74) is 5.83. The van der Waals surface area contributed by atoms with Crippen LogP contribution in [0, 0.1) is 0 Å². The molecule has 2 heterocycles. The van der Waals surface area contributed by atoms with Crippen molar-refractivity contribution in [3.8, 4) is 0 Å². The first-order valence-corrected chi connectivity index (χ1v) is 7.00. The van der Waals surface area contributed by atoms with Crippen molar-refractivity contribution >= 4 is 5.91 Å². The molecule has 0 bridgehead atoms. The van der Waals surface area contributed by atoms with Gasteiger partial charge in [0.1, 0.15) is 0 Å². The summed E-state index contributed by atoms with van der Waals surface area (Å²) < 4.78 is 0. The van der Waals surface area contributed by atoms with Gasteiger partial charge in [-0.15, -0.1) is 0 Å². The second-order valence-corrected chi connectivity index (χ2v) is 5.46. The standard InChI is InChI=1S/C13H25N3O/c1-2-4-12(14)13(17)15-10-6-8-16-7-3-5-11(16)9-10/h10-12H,2-9,14H2,1H3,(H,15,17)/t10?,11?,12-/m0/s1. The number of nitrogens with one attached hydrogen (secondary N) is 1. The van der Waals surface area contributed by atoms with Crippen LogP contribution in [0.1, 0.15) is 45.4 Å². The third-order valence-electron chi connectivity index (χ3n) is 4.10. The number of carbonyl (C=O) groups excluding carboxylic acids is 1. The minimum atomic E-state index is -0.318. The molecule has 0 aliphatic carbocycles. The van der Waals surface area contributed by atoms with E-state index in [0.717, 1.165) is 32.2 Å². The number of nitrogens with zero attached hydrogens (tertiary/aromatic N) is 1. The highest BCUT2D eigenvalue weighted by molar-refractivity contribution is 5.81. The lowest BCUT2D eigenvalue weighted by Crippen LogP contribution is -2.51. The molecule has 2 aliphatic rings. The number of carbonyl (C=O) groups is 1. The molecule has 1 amide bonds. The van der Waals surface area contributed by atoms with Gasteiger partial charge in [0, 0.05) is 18.6 Å². The number of fused-ring (bicyclic) bond motifs is 1. The first-order valence-electron chi connectivity index (χ1n) is 7.00. The van der Waals surface area contributed by atoms with Crippen molar-refractivity contribution in [1.82, 2.24) is 10.2 Å². The van der Waals surface area contributed by atoms with Gasteiger partial charge in [0.15, 0.2) is 0 Å². The highest BCUT2D eigenvalue weighted by Crippen LogP contribution is 2.26. The predicted molar refractivity (Wildman–Crippen MR) is 68.6 cm³/mol. The third kappa shape index (κ3) is 3.19. The summed E-state index contributed by atoms with van der Waals surface area (Å²) in [7, 11) is 0. The molecule has 17 heavy (non-hydrogen) atoms. The minimum absolute atomic E-state index is 0.0447.